The summed E-state index contributed by atoms with van der Waals surface area (Å²) in [5, 5.41) is 19.5. The highest BCUT2D eigenvalue weighted by atomic mass is 16.6. The van der Waals surface area contributed by atoms with Crippen molar-refractivity contribution in [3.8, 4) is 0 Å². The van der Waals surface area contributed by atoms with Crippen molar-refractivity contribution in [2.75, 3.05) is 18.5 Å². The zero-order valence-electron chi connectivity index (χ0n) is 10.2. The summed E-state index contributed by atoms with van der Waals surface area (Å²) in [5.74, 6) is -1.09. The zero-order valence-corrected chi connectivity index (χ0v) is 10.2. The highest BCUT2D eigenvalue weighted by molar-refractivity contribution is 5.85. The van der Waals surface area contributed by atoms with Crippen molar-refractivity contribution in [1.82, 2.24) is 0 Å². The molecule has 0 aromatic heterocycles. The molecule has 0 spiro atoms. The second-order valence-corrected chi connectivity index (χ2v) is 3.69. The van der Waals surface area contributed by atoms with Crippen molar-refractivity contribution in [2.45, 2.75) is 6.92 Å². The van der Waals surface area contributed by atoms with Gasteiger partial charge in [-0.25, -0.2) is 4.79 Å². The Hall–Kier alpha value is -2.37. The number of aliphatic carboxylic acids is 1. The van der Waals surface area contributed by atoms with E-state index in [0.717, 1.165) is 6.08 Å². The van der Waals surface area contributed by atoms with Crippen LogP contribution < -0.4 is 4.90 Å². The monoisotopic (exact) mass is 250 g/mol. The lowest BCUT2D eigenvalue weighted by Crippen LogP contribution is -2.17. The molecule has 0 aliphatic heterocycles. The Kier molecular flexibility index (Phi) is 4.42. The number of hydrogen-bond acceptors (Lipinski definition) is 4. The molecule has 6 heteroatoms. The van der Waals surface area contributed by atoms with Gasteiger partial charge in [-0.05, 0) is 24.6 Å². The molecule has 0 saturated carbocycles. The summed E-state index contributed by atoms with van der Waals surface area (Å²) in [6.45, 7) is 2.53. The molecule has 0 aliphatic rings. The second-order valence-electron chi connectivity index (χ2n) is 3.69. The minimum absolute atomic E-state index is 0.0353. The smallest absolute Gasteiger partial charge is 0.328 e. The van der Waals surface area contributed by atoms with Gasteiger partial charge in [-0.15, -0.1) is 0 Å². The van der Waals surface area contributed by atoms with Gasteiger partial charge >= 0.3 is 5.97 Å². The van der Waals surface area contributed by atoms with E-state index in [9.17, 15) is 14.9 Å². The fraction of sp³-hybridized carbons (Fsp3) is 0.250. The summed E-state index contributed by atoms with van der Waals surface area (Å²) in [4.78, 5) is 22.6. The average molecular weight is 250 g/mol. The van der Waals surface area contributed by atoms with E-state index >= 15 is 0 Å². The van der Waals surface area contributed by atoms with Crippen LogP contribution in [0.2, 0.25) is 0 Å². The maximum absolute atomic E-state index is 11.0. The Morgan fingerprint density at radius 2 is 2.22 bits per heavy atom. The first-order valence-corrected chi connectivity index (χ1v) is 5.36. The SMILES string of the molecule is CCN(C)c1ccc(/C=C/C(=O)O)cc1[N+](=O)[O-]. The molecule has 1 aromatic carbocycles. The number of rotatable bonds is 5. The number of benzene rings is 1. The van der Waals surface area contributed by atoms with E-state index in [2.05, 4.69) is 0 Å². The highest BCUT2D eigenvalue weighted by Gasteiger charge is 2.16. The number of nitro groups is 1. The number of hydrogen-bond donors (Lipinski definition) is 1. The summed E-state index contributed by atoms with van der Waals surface area (Å²) < 4.78 is 0. The Balaban J connectivity index is 3.19. The van der Waals surface area contributed by atoms with Gasteiger partial charge in [-0.3, -0.25) is 10.1 Å². The first-order valence-electron chi connectivity index (χ1n) is 5.36. The fourth-order valence-electron chi connectivity index (χ4n) is 1.45. The molecular weight excluding hydrogens is 236 g/mol. The van der Waals surface area contributed by atoms with Crippen LogP contribution in [0.4, 0.5) is 11.4 Å². The highest BCUT2D eigenvalue weighted by Crippen LogP contribution is 2.28. The lowest BCUT2D eigenvalue weighted by molar-refractivity contribution is -0.384. The third-order valence-electron chi connectivity index (χ3n) is 2.50. The number of nitro benzene ring substituents is 1. The maximum atomic E-state index is 11.0. The molecule has 0 saturated heterocycles. The van der Waals surface area contributed by atoms with Crippen LogP contribution in [-0.2, 0) is 4.79 Å². The van der Waals surface area contributed by atoms with Gasteiger partial charge in [0.05, 0.1) is 4.92 Å². The second kappa shape index (κ2) is 5.81. The van der Waals surface area contributed by atoms with Gasteiger partial charge in [0.2, 0.25) is 0 Å². The van der Waals surface area contributed by atoms with Gasteiger partial charge < -0.3 is 10.0 Å². The topological polar surface area (TPSA) is 83.7 Å². The van der Waals surface area contributed by atoms with Crippen molar-refractivity contribution in [3.63, 3.8) is 0 Å². The Morgan fingerprint density at radius 3 is 2.72 bits per heavy atom. The van der Waals surface area contributed by atoms with E-state index < -0.39 is 10.9 Å². The first kappa shape index (κ1) is 13.7. The first-order chi connectivity index (χ1) is 8.45. The molecule has 96 valence electrons. The molecule has 0 atom stereocenters. The molecule has 0 bridgehead atoms. The molecule has 1 N–H and O–H groups in total. The van der Waals surface area contributed by atoms with E-state index in [0.29, 0.717) is 17.8 Å². The van der Waals surface area contributed by atoms with Crippen LogP contribution >= 0.6 is 0 Å². The van der Waals surface area contributed by atoms with Crippen LogP contribution in [0.1, 0.15) is 12.5 Å². The molecule has 18 heavy (non-hydrogen) atoms. The van der Waals surface area contributed by atoms with Gasteiger partial charge in [0.15, 0.2) is 0 Å². The van der Waals surface area contributed by atoms with Crippen LogP contribution in [0.25, 0.3) is 6.08 Å². The van der Waals surface area contributed by atoms with Crippen molar-refractivity contribution in [3.05, 3.63) is 40.0 Å². The van der Waals surface area contributed by atoms with Gasteiger partial charge in [0.25, 0.3) is 5.69 Å². The van der Waals surface area contributed by atoms with Gasteiger partial charge in [0.1, 0.15) is 5.69 Å². The molecule has 1 aromatic rings. The summed E-state index contributed by atoms with van der Waals surface area (Å²) >= 11 is 0. The van der Waals surface area contributed by atoms with Gasteiger partial charge in [-0.2, -0.15) is 0 Å². The van der Waals surface area contributed by atoms with Crippen LogP contribution in [0.15, 0.2) is 24.3 Å². The van der Waals surface area contributed by atoms with Crippen molar-refractivity contribution >= 4 is 23.4 Å². The van der Waals surface area contributed by atoms with Crippen LogP contribution in [0.5, 0.6) is 0 Å². The van der Waals surface area contributed by atoms with Crippen LogP contribution in [0.3, 0.4) is 0 Å². The molecule has 1 rings (SSSR count). The molecule has 0 heterocycles. The molecule has 0 aliphatic carbocycles. The standard InChI is InChI=1S/C12H14N2O4/c1-3-13(2)10-6-4-9(5-7-12(15)16)8-11(10)14(17)18/h4-8H,3H2,1-2H3,(H,15,16)/b7-5+. The third kappa shape index (κ3) is 3.31. The minimum atomic E-state index is -1.09. The summed E-state index contributed by atoms with van der Waals surface area (Å²) in [7, 11) is 1.76. The molecule has 0 radical (unpaired) electrons. The number of carbonyl (C=O) groups is 1. The number of anilines is 1. The molecule has 0 unspecified atom stereocenters. The number of carboxylic acids is 1. The molecular formula is C12H14N2O4. The normalized spacial score (nSPS) is 10.6. The Labute approximate surface area is 104 Å². The Bertz CT molecular complexity index is 497. The third-order valence-corrected chi connectivity index (χ3v) is 2.50. The quantitative estimate of drug-likeness (QED) is 0.491. The fourth-order valence-corrected chi connectivity index (χ4v) is 1.45. The lowest BCUT2D eigenvalue weighted by atomic mass is 10.1. The summed E-state index contributed by atoms with van der Waals surface area (Å²) in [6, 6.07) is 4.62. The minimum Gasteiger partial charge on any atom is -0.478 e. The van der Waals surface area contributed by atoms with E-state index in [4.69, 9.17) is 5.11 Å². The van der Waals surface area contributed by atoms with Gasteiger partial charge in [-0.1, -0.05) is 6.07 Å². The average Bonchev–Trinajstić information content (AvgIpc) is 2.34. The predicted octanol–water partition coefficient (Wildman–Crippen LogP) is 2.15. The van der Waals surface area contributed by atoms with Crippen molar-refractivity contribution in [1.29, 1.82) is 0 Å². The number of carboxylic acid groups (broad SMARTS) is 1. The largest absolute Gasteiger partial charge is 0.478 e. The van der Waals surface area contributed by atoms with Crippen LogP contribution in [0, 0.1) is 10.1 Å². The number of nitrogens with zero attached hydrogens (tertiary/aromatic N) is 2. The van der Waals surface area contributed by atoms with Gasteiger partial charge in [0, 0.05) is 25.7 Å². The predicted molar refractivity (Wildman–Crippen MR) is 68.7 cm³/mol. The maximum Gasteiger partial charge on any atom is 0.328 e. The van der Waals surface area contributed by atoms with E-state index in [1.165, 1.54) is 12.1 Å². The summed E-state index contributed by atoms with van der Waals surface area (Å²) in [5.41, 5.74) is 0.958. The summed E-state index contributed by atoms with van der Waals surface area (Å²) in [6.07, 6.45) is 2.27. The van der Waals surface area contributed by atoms with E-state index in [-0.39, 0.29) is 5.69 Å². The van der Waals surface area contributed by atoms with E-state index in [1.807, 2.05) is 6.92 Å². The lowest BCUT2D eigenvalue weighted by Gasteiger charge is -2.16. The molecule has 6 nitrogen and oxygen atoms in total. The zero-order chi connectivity index (χ0) is 13.7. The van der Waals surface area contributed by atoms with Crippen molar-refractivity contribution < 1.29 is 14.8 Å². The molecule has 0 amide bonds. The Morgan fingerprint density at radius 1 is 1.56 bits per heavy atom. The van der Waals surface area contributed by atoms with E-state index in [1.54, 1.807) is 24.1 Å². The van der Waals surface area contributed by atoms with Crippen molar-refractivity contribution in [2.24, 2.45) is 0 Å². The molecule has 0 fully saturated rings. The van der Waals surface area contributed by atoms with Crippen LogP contribution in [-0.4, -0.2) is 29.6 Å².